The van der Waals surface area contributed by atoms with E-state index in [1.165, 1.54) is 4.90 Å². The van der Waals surface area contributed by atoms with Crippen LogP contribution in [0.15, 0.2) is 78.9 Å². The Labute approximate surface area is 206 Å². The van der Waals surface area contributed by atoms with E-state index in [0.29, 0.717) is 37.8 Å². The summed E-state index contributed by atoms with van der Waals surface area (Å²) in [4.78, 5) is 29.3. The van der Waals surface area contributed by atoms with E-state index in [-0.39, 0.29) is 19.0 Å². The van der Waals surface area contributed by atoms with Gasteiger partial charge in [0.25, 0.3) is 5.91 Å². The lowest BCUT2D eigenvalue weighted by molar-refractivity contribution is -0.137. The Morgan fingerprint density at radius 2 is 1.47 bits per heavy atom. The van der Waals surface area contributed by atoms with Crippen molar-refractivity contribution < 1.29 is 27.2 Å². The van der Waals surface area contributed by atoms with Crippen LogP contribution in [0.3, 0.4) is 0 Å². The van der Waals surface area contributed by atoms with E-state index in [0.717, 1.165) is 11.1 Å². The maximum absolute atomic E-state index is 14.2. The summed E-state index contributed by atoms with van der Waals surface area (Å²) in [7, 11) is 0. The molecule has 0 spiro atoms. The minimum atomic E-state index is -4.68. The first-order valence-electron chi connectivity index (χ1n) is 11.5. The number of rotatable bonds is 6. The molecular formula is C27H25F4N3O2. The zero-order valence-corrected chi connectivity index (χ0v) is 19.3. The normalized spacial score (nSPS) is 15.4. The standard InChI is InChI=1S/C27H25F4N3O2/c28-23-12-11-21(27(29,30)31)17-22(23)26(36)34-15-13-33(14-16-34)24(20-9-5-2-6-10-20)25(35)32-18-19-7-3-1-4-8-19/h1-12,17,24H,13-16,18H2,(H,32,35)/t24-/m0/s1. The van der Waals surface area contributed by atoms with Gasteiger partial charge in [-0.3, -0.25) is 14.5 Å². The summed E-state index contributed by atoms with van der Waals surface area (Å²) in [5.41, 5.74) is 0.0477. The van der Waals surface area contributed by atoms with Crippen LogP contribution < -0.4 is 5.32 Å². The quantitative estimate of drug-likeness (QED) is 0.502. The maximum atomic E-state index is 14.2. The van der Waals surface area contributed by atoms with E-state index in [1.54, 1.807) is 0 Å². The molecule has 1 atom stereocenters. The zero-order valence-electron chi connectivity index (χ0n) is 19.3. The highest BCUT2D eigenvalue weighted by molar-refractivity contribution is 5.95. The molecule has 4 rings (SSSR count). The van der Waals surface area contributed by atoms with E-state index >= 15 is 0 Å². The highest BCUT2D eigenvalue weighted by atomic mass is 19.4. The number of nitrogens with zero attached hydrogens (tertiary/aromatic N) is 2. The van der Waals surface area contributed by atoms with E-state index in [1.807, 2.05) is 65.6 Å². The molecule has 9 heteroatoms. The Hall–Kier alpha value is -3.72. The summed E-state index contributed by atoms with van der Waals surface area (Å²) in [6.45, 7) is 1.24. The Kier molecular flexibility index (Phi) is 7.69. The van der Waals surface area contributed by atoms with Gasteiger partial charge in [0, 0.05) is 32.7 Å². The molecule has 0 aromatic heterocycles. The number of hydrogen-bond acceptors (Lipinski definition) is 3. The third-order valence-corrected chi connectivity index (χ3v) is 6.16. The molecule has 188 valence electrons. The van der Waals surface area contributed by atoms with Crippen molar-refractivity contribution in [2.24, 2.45) is 0 Å². The predicted octanol–water partition coefficient (Wildman–Crippen LogP) is 4.66. The molecule has 0 radical (unpaired) electrons. The first kappa shape index (κ1) is 25.4. The second-order valence-corrected chi connectivity index (χ2v) is 8.54. The molecule has 1 heterocycles. The first-order chi connectivity index (χ1) is 17.2. The number of benzene rings is 3. The molecule has 36 heavy (non-hydrogen) atoms. The van der Waals surface area contributed by atoms with Crippen LogP contribution in [0.4, 0.5) is 17.6 Å². The van der Waals surface area contributed by atoms with Crippen molar-refractivity contribution in [2.45, 2.75) is 18.8 Å². The summed E-state index contributed by atoms with van der Waals surface area (Å²) in [6, 6.07) is 19.9. The van der Waals surface area contributed by atoms with Crippen LogP contribution in [0.1, 0.15) is 33.1 Å². The summed E-state index contributed by atoms with van der Waals surface area (Å²) in [6.07, 6.45) is -4.68. The van der Waals surface area contributed by atoms with Gasteiger partial charge < -0.3 is 10.2 Å². The topological polar surface area (TPSA) is 52.7 Å². The van der Waals surface area contributed by atoms with Crippen molar-refractivity contribution in [3.63, 3.8) is 0 Å². The summed E-state index contributed by atoms with van der Waals surface area (Å²) < 4.78 is 53.4. The Morgan fingerprint density at radius 3 is 2.08 bits per heavy atom. The molecule has 1 fully saturated rings. The third-order valence-electron chi connectivity index (χ3n) is 6.16. The monoisotopic (exact) mass is 499 g/mol. The number of alkyl halides is 3. The molecule has 5 nitrogen and oxygen atoms in total. The fourth-order valence-electron chi connectivity index (χ4n) is 4.26. The maximum Gasteiger partial charge on any atom is 0.416 e. The molecule has 1 saturated heterocycles. The van der Waals surface area contributed by atoms with E-state index in [9.17, 15) is 27.2 Å². The number of carbonyl (C=O) groups excluding carboxylic acids is 2. The van der Waals surface area contributed by atoms with Gasteiger partial charge in [-0.15, -0.1) is 0 Å². The number of halogens is 4. The number of amides is 2. The molecule has 0 aliphatic carbocycles. The van der Waals surface area contributed by atoms with Gasteiger partial charge in [0.15, 0.2) is 0 Å². The van der Waals surface area contributed by atoms with Crippen LogP contribution in [0.2, 0.25) is 0 Å². The number of hydrogen-bond donors (Lipinski definition) is 1. The average Bonchev–Trinajstić information content (AvgIpc) is 2.88. The molecule has 1 aliphatic rings. The van der Waals surface area contributed by atoms with Gasteiger partial charge in [0.05, 0.1) is 11.1 Å². The first-order valence-corrected chi connectivity index (χ1v) is 11.5. The van der Waals surface area contributed by atoms with E-state index in [4.69, 9.17) is 0 Å². The zero-order chi connectivity index (χ0) is 25.7. The van der Waals surface area contributed by atoms with Crippen molar-refractivity contribution in [1.82, 2.24) is 15.1 Å². The summed E-state index contributed by atoms with van der Waals surface area (Å²) in [5.74, 6) is -2.00. The van der Waals surface area contributed by atoms with Crippen LogP contribution in [0.5, 0.6) is 0 Å². The highest BCUT2D eigenvalue weighted by Crippen LogP contribution is 2.31. The Bertz CT molecular complexity index is 1190. The molecule has 2 amide bonds. The second kappa shape index (κ2) is 10.9. The van der Waals surface area contributed by atoms with Gasteiger partial charge in [0.1, 0.15) is 11.9 Å². The van der Waals surface area contributed by atoms with Crippen molar-refractivity contribution in [3.05, 3.63) is 107 Å². The number of piperazine rings is 1. The van der Waals surface area contributed by atoms with Crippen LogP contribution in [0.25, 0.3) is 0 Å². The van der Waals surface area contributed by atoms with Gasteiger partial charge in [-0.2, -0.15) is 13.2 Å². The fraction of sp³-hybridized carbons (Fsp3) is 0.259. The van der Waals surface area contributed by atoms with Gasteiger partial charge in [-0.25, -0.2) is 4.39 Å². The minimum Gasteiger partial charge on any atom is -0.350 e. The van der Waals surface area contributed by atoms with Gasteiger partial charge >= 0.3 is 6.18 Å². The molecule has 0 bridgehead atoms. The summed E-state index contributed by atoms with van der Waals surface area (Å²) >= 11 is 0. The van der Waals surface area contributed by atoms with Crippen LogP contribution in [0, 0.1) is 5.82 Å². The van der Waals surface area contributed by atoms with Crippen LogP contribution in [-0.4, -0.2) is 47.8 Å². The van der Waals surface area contributed by atoms with Crippen LogP contribution in [-0.2, 0) is 17.5 Å². The largest absolute Gasteiger partial charge is 0.416 e. The smallest absolute Gasteiger partial charge is 0.350 e. The Morgan fingerprint density at radius 1 is 0.861 bits per heavy atom. The fourth-order valence-corrected chi connectivity index (χ4v) is 4.26. The van der Waals surface area contributed by atoms with Crippen molar-refractivity contribution in [3.8, 4) is 0 Å². The summed E-state index contributed by atoms with van der Waals surface area (Å²) in [5, 5.41) is 2.97. The van der Waals surface area contributed by atoms with Crippen LogP contribution >= 0.6 is 0 Å². The lowest BCUT2D eigenvalue weighted by Crippen LogP contribution is -2.52. The molecule has 0 saturated carbocycles. The third kappa shape index (κ3) is 5.91. The van der Waals surface area contributed by atoms with E-state index in [2.05, 4.69) is 5.32 Å². The molecule has 1 N–H and O–H groups in total. The van der Waals surface area contributed by atoms with E-state index < -0.39 is 35.1 Å². The van der Waals surface area contributed by atoms with Crippen molar-refractivity contribution in [1.29, 1.82) is 0 Å². The SMILES string of the molecule is O=C(NCc1ccccc1)[C@H](c1ccccc1)N1CCN(C(=O)c2cc(C(F)(F)F)ccc2F)CC1. The van der Waals surface area contributed by atoms with Crippen molar-refractivity contribution in [2.75, 3.05) is 26.2 Å². The molecule has 1 aliphatic heterocycles. The molecular weight excluding hydrogens is 474 g/mol. The number of carbonyl (C=O) groups is 2. The minimum absolute atomic E-state index is 0.143. The van der Waals surface area contributed by atoms with Gasteiger partial charge in [-0.05, 0) is 29.3 Å². The van der Waals surface area contributed by atoms with Crippen molar-refractivity contribution >= 4 is 11.8 Å². The number of nitrogens with one attached hydrogen (secondary N) is 1. The lowest BCUT2D eigenvalue weighted by Gasteiger charge is -2.39. The molecule has 3 aromatic rings. The molecule has 0 unspecified atom stereocenters. The Balaban J connectivity index is 1.47. The predicted molar refractivity (Wildman–Crippen MR) is 126 cm³/mol. The lowest BCUT2D eigenvalue weighted by atomic mass is 10.0. The second-order valence-electron chi connectivity index (χ2n) is 8.54. The van der Waals surface area contributed by atoms with Gasteiger partial charge in [0.2, 0.25) is 5.91 Å². The molecule has 3 aromatic carbocycles. The van der Waals surface area contributed by atoms with Gasteiger partial charge in [-0.1, -0.05) is 60.7 Å². The average molecular weight is 500 g/mol. The highest BCUT2D eigenvalue weighted by Gasteiger charge is 2.35.